The summed E-state index contributed by atoms with van der Waals surface area (Å²) in [6, 6.07) is 7.63. The zero-order valence-electron chi connectivity index (χ0n) is 10.2. The number of nitrogens with zero attached hydrogens (tertiary/aromatic N) is 1. The van der Waals surface area contributed by atoms with Crippen molar-refractivity contribution in [1.82, 2.24) is 9.97 Å². The van der Waals surface area contributed by atoms with Gasteiger partial charge in [0.15, 0.2) is 0 Å². The number of nitrogens with one attached hydrogen (secondary N) is 1. The molecule has 1 aromatic carbocycles. The van der Waals surface area contributed by atoms with E-state index in [1.54, 1.807) is 0 Å². The summed E-state index contributed by atoms with van der Waals surface area (Å²) in [7, 11) is 0. The molecule has 90 valence electrons. The van der Waals surface area contributed by atoms with Crippen molar-refractivity contribution in [2.24, 2.45) is 5.73 Å². The van der Waals surface area contributed by atoms with Crippen LogP contribution in [0.4, 0.5) is 0 Å². The molecule has 0 saturated heterocycles. The fourth-order valence-electron chi connectivity index (χ4n) is 1.65. The Bertz CT molecular complexity index is 521. The minimum Gasteiger partial charge on any atom is -0.344 e. The fourth-order valence-corrected chi connectivity index (χ4v) is 1.78. The first-order valence-corrected chi connectivity index (χ1v) is 5.87. The van der Waals surface area contributed by atoms with Crippen LogP contribution in [0.25, 0.3) is 11.3 Å². The summed E-state index contributed by atoms with van der Waals surface area (Å²) in [5, 5.41) is 0.723. The second-order valence-electron chi connectivity index (χ2n) is 4.79. The number of aryl methyl sites for hydroxylation is 1. The van der Waals surface area contributed by atoms with Crippen LogP contribution in [0, 0.1) is 6.92 Å². The molecular formula is C13H16ClN3. The van der Waals surface area contributed by atoms with Gasteiger partial charge in [0.2, 0.25) is 0 Å². The van der Waals surface area contributed by atoms with E-state index in [1.807, 2.05) is 45.0 Å². The summed E-state index contributed by atoms with van der Waals surface area (Å²) in [6.45, 7) is 5.85. The molecule has 0 radical (unpaired) electrons. The number of benzene rings is 1. The third-order valence-corrected chi connectivity index (χ3v) is 2.86. The molecule has 2 aromatic rings. The molecule has 4 heteroatoms. The van der Waals surface area contributed by atoms with Crippen molar-refractivity contribution in [2.75, 3.05) is 0 Å². The van der Waals surface area contributed by atoms with Crippen molar-refractivity contribution in [1.29, 1.82) is 0 Å². The quantitative estimate of drug-likeness (QED) is 0.859. The lowest BCUT2D eigenvalue weighted by Gasteiger charge is -2.14. The van der Waals surface area contributed by atoms with Crippen LogP contribution in [0.5, 0.6) is 0 Å². The second kappa shape index (κ2) is 4.17. The summed E-state index contributed by atoms with van der Waals surface area (Å²) < 4.78 is 0. The molecular weight excluding hydrogens is 234 g/mol. The molecule has 0 aliphatic heterocycles. The van der Waals surface area contributed by atoms with Gasteiger partial charge in [0.1, 0.15) is 5.82 Å². The van der Waals surface area contributed by atoms with E-state index in [0.717, 1.165) is 27.8 Å². The lowest BCUT2D eigenvalue weighted by atomic mass is 10.1. The molecule has 0 fully saturated rings. The van der Waals surface area contributed by atoms with Gasteiger partial charge in [-0.1, -0.05) is 23.7 Å². The number of aromatic nitrogens is 2. The van der Waals surface area contributed by atoms with Gasteiger partial charge in [-0.3, -0.25) is 0 Å². The highest BCUT2D eigenvalue weighted by Crippen LogP contribution is 2.25. The molecule has 0 saturated carbocycles. The van der Waals surface area contributed by atoms with Gasteiger partial charge in [0, 0.05) is 16.3 Å². The van der Waals surface area contributed by atoms with Gasteiger partial charge in [-0.15, -0.1) is 0 Å². The molecule has 0 bridgehead atoms. The highest BCUT2D eigenvalue weighted by Gasteiger charge is 2.20. The number of H-pyrrole nitrogens is 1. The van der Waals surface area contributed by atoms with Gasteiger partial charge < -0.3 is 10.7 Å². The molecule has 2 rings (SSSR count). The number of hydrogen-bond acceptors (Lipinski definition) is 2. The standard InChI is InChI=1S/C13H16ClN3/c1-8-11(9-4-6-10(14)7-5-9)17-12(16-8)13(2,3)15/h4-7H,15H2,1-3H3,(H,16,17). The van der Waals surface area contributed by atoms with Crippen LogP contribution >= 0.6 is 11.6 Å². The van der Waals surface area contributed by atoms with Gasteiger partial charge in [0.25, 0.3) is 0 Å². The van der Waals surface area contributed by atoms with Gasteiger partial charge in [0.05, 0.1) is 11.2 Å². The molecule has 0 amide bonds. The molecule has 3 N–H and O–H groups in total. The van der Waals surface area contributed by atoms with Crippen molar-refractivity contribution in [3.63, 3.8) is 0 Å². The number of nitrogens with two attached hydrogens (primary N) is 1. The molecule has 1 heterocycles. The maximum atomic E-state index is 6.03. The van der Waals surface area contributed by atoms with E-state index in [2.05, 4.69) is 9.97 Å². The number of hydrogen-bond donors (Lipinski definition) is 2. The minimum atomic E-state index is -0.463. The maximum absolute atomic E-state index is 6.03. The van der Waals surface area contributed by atoms with E-state index >= 15 is 0 Å². The summed E-state index contributed by atoms with van der Waals surface area (Å²) in [4.78, 5) is 7.79. The topological polar surface area (TPSA) is 54.7 Å². The SMILES string of the molecule is Cc1[nH]c(C(C)(C)N)nc1-c1ccc(Cl)cc1. The van der Waals surface area contributed by atoms with Crippen LogP contribution in [0.2, 0.25) is 5.02 Å². The molecule has 0 unspecified atom stereocenters. The number of imidazole rings is 1. The van der Waals surface area contributed by atoms with E-state index in [1.165, 1.54) is 0 Å². The van der Waals surface area contributed by atoms with Crippen molar-refractivity contribution >= 4 is 11.6 Å². The zero-order valence-corrected chi connectivity index (χ0v) is 11.0. The largest absolute Gasteiger partial charge is 0.344 e. The Kier molecular flexibility index (Phi) is 2.98. The van der Waals surface area contributed by atoms with Gasteiger partial charge in [-0.05, 0) is 32.9 Å². The molecule has 0 atom stereocenters. The Balaban J connectivity index is 2.46. The normalized spacial score (nSPS) is 11.8. The van der Waals surface area contributed by atoms with Crippen LogP contribution < -0.4 is 5.73 Å². The van der Waals surface area contributed by atoms with Gasteiger partial charge in [-0.2, -0.15) is 0 Å². The van der Waals surface area contributed by atoms with Crippen LogP contribution in [-0.2, 0) is 5.54 Å². The lowest BCUT2D eigenvalue weighted by molar-refractivity contribution is 0.520. The summed E-state index contributed by atoms with van der Waals surface area (Å²) in [5.41, 5.74) is 8.54. The number of rotatable bonds is 2. The lowest BCUT2D eigenvalue weighted by Crippen LogP contribution is -2.30. The number of halogens is 1. The number of aromatic amines is 1. The average molecular weight is 250 g/mol. The summed E-state index contributed by atoms with van der Waals surface area (Å²) in [6.07, 6.45) is 0. The van der Waals surface area contributed by atoms with Crippen molar-refractivity contribution in [3.05, 3.63) is 40.8 Å². The highest BCUT2D eigenvalue weighted by molar-refractivity contribution is 6.30. The highest BCUT2D eigenvalue weighted by atomic mass is 35.5. The Morgan fingerprint density at radius 3 is 2.29 bits per heavy atom. The monoisotopic (exact) mass is 249 g/mol. The van der Waals surface area contributed by atoms with Gasteiger partial charge in [-0.25, -0.2) is 4.98 Å². The van der Waals surface area contributed by atoms with Gasteiger partial charge >= 0.3 is 0 Å². The van der Waals surface area contributed by atoms with Crippen molar-refractivity contribution in [2.45, 2.75) is 26.3 Å². The van der Waals surface area contributed by atoms with Crippen LogP contribution in [0.1, 0.15) is 25.4 Å². The van der Waals surface area contributed by atoms with E-state index in [-0.39, 0.29) is 0 Å². The van der Waals surface area contributed by atoms with E-state index in [0.29, 0.717) is 0 Å². The average Bonchev–Trinajstić information content (AvgIpc) is 2.61. The first kappa shape index (κ1) is 12.1. The Labute approximate surface area is 106 Å². The Morgan fingerprint density at radius 2 is 1.82 bits per heavy atom. The molecule has 3 nitrogen and oxygen atoms in total. The van der Waals surface area contributed by atoms with Crippen molar-refractivity contribution in [3.8, 4) is 11.3 Å². The Hall–Kier alpha value is -1.32. The first-order valence-electron chi connectivity index (χ1n) is 5.50. The summed E-state index contributed by atoms with van der Waals surface area (Å²) in [5.74, 6) is 0.792. The predicted octanol–water partition coefficient (Wildman–Crippen LogP) is 3.23. The van der Waals surface area contributed by atoms with E-state index in [4.69, 9.17) is 17.3 Å². The van der Waals surface area contributed by atoms with Crippen molar-refractivity contribution < 1.29 is 0 Å². The van der Waals surface area contributed by atoms with Crippen LogP contribution in [0.3, 0.4) is 0 Å². The molecule has 0 spiro atoms. The minimum absolute atomic E-state index is 0.463. The predicted molar refractivity (Wildman–Crippen MR) is 71.0 cm³/mol. The molecule has 0 aliphatic rings. The van der Waals surface area contributed by atoms with E-state index < -0.39 is 5.54 Å². The third kappa shape index (κ3) is 2.51. The molecule has 17 heavy (non-hydrogen) atoms. The smallest absolute Gasteiger partial charge is 0.126 e. The molecule has 1 aromatic heterocycles. The fraction of sp³-hybridized carbons (Fsp3) is 0.308. The van der Waals surface area contributed by atoms with Crippen LogP contribution in [0.15, 0.2) is 24.3 Å². The zero-order chi connectivity index (χ0) is 12.6. The maximum Gasteiger partial charge on any atom is 0.126 e. The Morgan fingerprint density at radius 1 is 1.24 bits per heavy atom. The van der Waals surface area contributed by atoms with E-state index in [9.17, 15) is 0 Å². The first-order chi connectivity index (χ1) is 7.88. The second-order valence-corrected chi connectivity index (χ2v) is 5.22. The van der Waals surface area contributed by atoms with Crippen LogP contribution in [-0.4, -0.2) is 9.97 Å². The third-order valence-electron chi connectivity index (χ3n) is 2.61. The molecule has 0 aliphatic carbocycles. The summed E-state index contributed by atoms with van der Waals surface area (Å²) >= 11 is 5.87.